The summed E-state index contributed by atoms with van der Waals surface area (Å²) < 4.78 is 95.8. The Labute approximate surface area is 219 Å². The molecule has 0 bridgehead atoms. The summed E-state index contributed by atoms with van der Waals surface area (Å²) in [5.41, 5.74) is 1.13. The molecular formula is C25H15F7N6S. The first kappa shape index (κ1) is 26.3. The Bertz CT molecular complexity index is 1620. The van der Waals surface area contributed by atoms with Crippen molar-refractivity contribution in [3.63, 3.8) is 0 Å². The molecule has 1 N–H and O–H groups in total. The second-order valence-electron chi connectivity index (χ2n) is 8.25. The van der Waals surface area contributed by atoms with Gasteiger partial charge in [-0.25, -0.2) is 14.1 Å². The van der Waals surface area contributed by atoms with Gasteiger partial charge in [0.15, 0.2) is 0 Å². The Kier molecular flexibility index (Phi) is 6.80. The van der Waals surface area contributed by atoms with Gasteiger partial charge in [0.05, 0.1) is 34.6 Å². The Hall–Kier alpha value is -4.33. The van der Waals surface area contributed by atoms with E-state index in [1.165, 1.54) is 28.9 Å². The van der Waals surface area contributed by atoms with Gasteiger partial charge in [0.25, 0.3) is 0 Å². The van der Waals surface area contributed by atoms with E-state index in [1.54, 1.807) is 29.6 Å². The molecule has 0 aliphatic carbocycles. The number of para-hydroxylation sites is 1. The maximum Gasteiger partial charge on any atom is 0.416 e. The molecule has 14 heteroatoms. The van der Waals surface area contributed by atoms with Crippen LogP contribution >= 0.6 is 11.3 Å². The molecule has 200 valence electrons. The summed E-state index contributed by atoms with van der Waals surface area (Å²) in [4.78, 5) is 4.32. The lowest BCUT2D eigenvalue weighted by Gasteiger charge is -2.15. The molecule has 0 aliphatic heterocycles. The Morgan fingerprint density at radius 2 is 1.56 bits per heavy atom. The summed E-state index contributed by atoms with van der Waals surface area (Å²) in [6, 6.07) is 13.5. The number of rotatable bonds is 6. The normalized spacial score (nSPS) is 12.7. The fraction of sp³-hybridized carbons (Fsp3) is 0.120. The van der Waals surface area contributed by atoms with Gasteiger partial charge in [-0.15, -0.1) is 16.4 Å². The highest BCUT2D eigenvalue weighted by molar-refractivity contribution is 7.14. The van der Waals surface area contributed by atoms with Crippen LogP contribution in [0, 0.1) is 5.82 Å². The zero-order chi connectivity index (χ0) is 27.8. The number of anilines is 1. The summed E-state index contributed by atoms with van der Waals surface area (Å²) in [6.45, 7) is -0.303. The minimum absolute atomic E-state index is 0.0508. The lowest BCUT2D eigenvalue weighted by Crippen LogP contribution is -2.18. The molecular weight excluding hydrogens is 549 g/mol. The van der Waals surface area contributed by atoms with E-state index >= 15 is 0 Å². The number of benzene rings is 3. The lowest BCUT2D eigenvalue weighted by molar-refractivity contribution is -0.143. The van der Waals surface area contributed by atoms with Crippen molar-refractivity contribution in [2.45, 2.75) is 18.9 Å². The van der Waals surface area contributed by atoms with Gasteiger partial charge in [0.2, 0.25) is 5.13 Å². The molecule has 6 nitrogen and oxygen atoms in total. The molecule has 39 heavy (non-hydrogen) atoms. The third kappa shape index (κ3) is 5.90. The second-order valence-corrected chi connectivity index (χ2v) is 9.10. The molecule has 0 spiro atoms. The molecule has 5 rings (SSSR count). The van der Waals surface area contributed by atoms with Crippen LogP contribution in [0.25, 0.3) is 22.3 Å². The van der Waals surface area contributed by atoms with Gasteiger partial charge in [0.1, 0.15) is 11.3 Å². The van der Waals surface area contributed by atoms with Gasteiger partial charge in [0, 0.05) is 16.5 Å². The molecule has 0 saturated carbocycles. The van der Waals surface area contributed by atoms with E-state index in [1.807, 2.05) is 0 Å². The van der Waals surface area contributed by atoms with Crippen LogP contribution in [0.5, 0.6) is 0 Å². The van der Waals surface area contributed by atoms with E-state index in [2.05, 4.69) is 25.8 Å². The molecule has 0 atom stereocenters. The Morgan fingerprint density at radius 1 is 0.897 bits per heavy atom. The summed E-state index contributed by atoms with van der Waals surface area (Å²) in [6.07, 6.45) is -10.1. The minimum atomic E-state index is -5.03. The second kappa shape index (κ2) is 10.1. The highest BCUT2D eigenvalue weighted by atomic mass is 32.1. The van der Waals surface area contributed by atoms with Crippen LogP contribution in [0.2, 0.25) is 0 Å². The molecule has 2 aromatic heterocycles. The van der Waals surface area contributed by atoms with E-state index in [9.17, 15) is 30.7 Å². The summed E-state index contributed by atoms with van der Waals surface area (Å²) >= 11 is 1.09. The lowest BCUT2D eigenvalue weighted by atomic mass is 10.0. The number of hydrazone groups is 1. The number of aromatic nitrogens is 4. The highest BCUT2D eigenvalue weighted by Gasteiger charge is 2.37. The molecule has 3 aromatic carbocycles. The number of nitrogens with one attached hydrogen (secondary N) is 1. The summed E-state index contributed by atoms with van der Waals surface area (Å²) in [5.74, 6) is -0.429. The van der Waals surface area contributed by atoms with Crippen molar-refractivity contribution in [3.8, 4) is 11.3 Å². The van der Waals surface area contributed by atoms with Crippen molar-refractivity contribution in [1.82, 2.24) is 20.0 Å². The number of thiazole rings is 1. The first-order valence-corrected chi connectivity index (χ1v) is 12.0. The smallest absolute Gasteiger partial charge is 0.252 e. The van der Waals surface area contributed by atoms with E-state index < -0.39 is 34.9 Å². The third-order valence-electron chi connectivity index (χ3n) is 5.57. The Balaban J connectivity index is 1.56. The first-order valence-electron chi connectivity index (χ1n) is 11.1. The van der Waals surface area contributed by atoms with Crippen LogP contribution < -0.4 is 5.43 Å². The fourth-order valence-electron chi connectivity index (χ4n) is 3.68. The van der Waals surface area contributed by atoms with Crippen molar-refractivity contribution >= 4 is 33.2 Å². The van der Waals surface area contributed by atoms with Crippen molar-refractivity contribution in [1.29, 1.82) is 0 Å². The van der Waals surface area contributed by atoms with Crippen molar-refractivity contribution < 1.29 is 30.7 Å². The number of alkyl halides is 6. The molecule has 0 aliphatic rings. The number of hydrogen-bond acceptors (Lipinski definition) is 6. The van der Waals surface area contributed by atoms with Crippen LogP contribution in [0.3, 0.4) is 0 Å². The molecule has 0 fully saturated rings. The van der Waals surface area contributed by atoms with E-state index in [4.69, 9.17) is 0 Å². The molecule has 0 saturated heterocycles. The molecule has 0 unspecified atom stereocenters. The largest absolute Gasteiger partial charge is 0.416 e. The monoisotopic (exact) mass is 564 g/mol. The van der Waals surface area contributed by atoms with Gasteiger partial charge in [-0.3, -0.25) is 5.43 Å². The van der Waals surface area contributed by atoms with Crippen LogP contribution in [0.4, 0.5) is 35.9 Å². The van der Waals surface area contributed by atoms with Crippen LogP contribution in [0.1, 0.15) is 16.7 Å². The predicted molar refractivity (Wildman–Crippen MR) is 132 cm³/mol. The molecule has 2 heterocycles. The van der Waals surface area contributed by atoms with Crippen molar-refractivity contribution in [3.05, 3.63) is 94.6 Å². The maximum absolute atomic E-state index is 13.5. The van der Waals surface area contributed by atoms with Gasteiger partial charge >= 0.3 is 12.4 Å². The molecule has 5 aromatic rings. The van der Waals surface area contributed by atoms with Gasteiger partial charge in [-0.2, -0.15) is 31.4 Å². The van der Waals surface area contributed by atoms with Gasteiger partial charge in [-0.05, 0) is 54.6 Å². The SMILES string of the molecule is Fc1ccc(-c2csc(N/N=C(/Cn3nnc4ccccc43)c3cc(C(F)(F)F)cc(C(F)(F)F)c3)n2)cc1. The van der Waals surface area contributed by atoms with Crippen LogP contribution in [-0.4, -0.2) is 25.7 Å². The summed E-state index contributed by atoms with van der Waals surface area (Å²) in [5, 5.41) is 14.0. The molecule has 0 amide bonds. The zero-order valence-corrected chi connectivity index (χ0v) is 20.2. The van der Waals surface area contributed by atoms with Crippen LogP contribution in [-0.2, 0) is 18.9 Å². The fourth-order valence-corrected chi connectivity index (χ4v) is 4.34. The first-order chi connectivity index (χ1) is 18.5. The van der Waals surface area contributed by atoms with Crippen LogP contribution in [0.15, 0.2) is 77.2 Å². The highest BCUT2D eigenvalue weighted by Crippen LogP contribution is 2.36. The average molecular weight is 564 g/mol. The maximum atomic E-state index is 13.5. The standard InChI is InChI=1S/C25H15F7N6S/c26-18-7-5-14(6-8-18)21-13-39-23(33-21)36-34-20(12-38-22-4-2-1-3-19(22)35-37-38)15-9-16(24(27,28)29)11-17(10-15)25(30,31)32/h1-11,13H,12H2,(H,33,36)/b34-20-. The van der Waals surface area contributed by atoms with Crippen molar-refractivity contribution in [2.75, 3.05) is 5.43 Å². The quantitative estimate of drug-likeness (QED) is 0.134. The number of halogens is 7. The number of hydrogen-bond donors (Lipinski definition) is 1. The minimum Gasteiger partial charge on any atom is -0.252 e. The van der Waals surface area contributed by atoms with Gasteiger partial charge < -0.3 is 0 Å². The third-order valence-corrected chi connectivity index (χ3v) is 6.32. The van der Waals surface area contributed by atoms with E-state index in [0.29, 0.717) is 34.4 Å². The topological polar surface area (TPSA) is 68.0 Å². The summed E-state index contributed by atoms with van der Waals surface area (Å²) in [7, 11) is 0. The predicted octanol–water partition coefficient (Wildman–Crippen LogP) is 7.25. The molecule has 0 radical (unpaired) electrons. The Morgan fingerprint density at radius 3 is 2.23 bits per heavy atom. The van der Waals surface area contributed by atoms with Gasteiger partial charge in [-0.1, -0.05) is 17.3 Å². The van der Waals surface area contributed by atoms with E-state index in [-0.39, 0.29) is 23.5 Å². The number of fused-ring (bicyclic) bond motifs is 1. The van der Waals surface area contributed by atoms with Crippen molar-refractivity contribution in [2.24, 2.45) is 5.10 Å². The zero-order valence-electron chi connectivity index (χ0n) is 19.4. The number of nitrogens with zero attached hydrogens (tertiary/aromatic N) is 5. The van der Waals surface area contributed by atoms with E-state index in [0.717, 1.165) is 11.3 Å². The average Bonchev–Trinajstić information content (AvgIpc) is 3.53.